The van der Waals surface area contributed by atoms with E-state index in [1.54, 1.807) is 18.2 Å². The lowest BCUT2D eigenvalue weighted by Gasteiger charge is -2.24. The first-order valence-electron chi connectivity index (χ1n) is 6.66. The fraction of sp³-hybridized carbons (Fsp3) is 0.312. The molecule has 4 heteroatoms. The predicted octanol–water partition coefficient (Wildman–Crippen LogP) is 4.30. The Balaban J connectivity index is 2.24. The van der Waals surface area contributed by atoms with E-state index < -0.39 is 5.54 Å². The van der Waals surface area contributed by atoms with Gasteiger partial charge in [-0.25, -0.2) is 4.79 Å². The van der Waals surface area contributed by atoms with Crippen molar-refractivity contribution < 1.29 is 9.90 Å². The summed E-state index contributed by atoms with van der Waals surface area (Å²) in [7, 11) is 0. The molecule has 1 fully saturated rings. The fourth-order valence-corrected chi connectivity index (χ4v) is 3.30. The van der Waals surface area contributed by atoms with Crippen LogP contribution in [-0.4, -0.2) is 11.2 Å². The van der Waals surface area contributed by atoms with E-state index in [-0.39, 0.29) is 5.75 Å². The van der Waals surface area contributed by atoms with E-state index in [0.29, 0.717) is 10.6 Å². The number of aromatic hydroxyl groups is 1. The van der Waals surface area contributed by atoms with E-state index in [2.05, 4.69) is 4.99 Å². The van der Waals surface area contributed by atoms with Gasteiger partial charge in [0.1, 0.15) is 11.3 Å². The van der Waals surface area contributed by atoms with Crippen LogP contribution in [0.4, 0.5) is 0 Å². The summed E-state index contributed by atoms with van der Waals surface area (Å²) in [5.41, 5.74) is 0.0793. The number of hydrogen-bond donors (Lipinski definition) is 1. The van der Waals surface area contributed by atoms with Gasteiger partial charge in [0.15, 0.2) is 0 Å². The number of aliphatic imine (C=N–C) groups is 1. The average Bonchev–Trinajstić information content (AvgIpc) is 2.88. The largest absolute Gasteiger partial charge is 0.508 e. The topological polar surface area (TPSA) is 49.7 Å². The molecule has 2 aromatic carbocycles. The van der Waals surface area contributed by atoms with Crippen LogP contribution in [0.2, 0.25) is 5.02 Å². The number of phenols is 1. The van der Waals surface area contributed by atoms with E-state index >= 15 is 0 Å². The Morgan fingerprint density at radius 1 is 1.15 bits per heavy atom. The molecule has 1 saturated carbocycles. The lowest BCUT2D eigenvalue weighted by Crippen LogP contribution is -2.19. The number of rotatable bonds is 2. The SMILES string of the molecule is O=C=NC1(c2cc3cc(Cl)ccc3cc2O)CCCC1. The zero-order chi connectivity index (χ0) is 14.2. The number of phenolic OH excluding ortho intramolecular Hbond substituents is 1. The van der Waals surface area contributed by atoms with E-state index in [1.165, 1.54) is 0 Å². The molecule has 0 atom stereocenters. The summed E-state index contributed by atoms with van der Waals surface area (Å²) >= 11 is 6.02. The maximum atomic E-state index is 10.8. The summed E-state index contributed by atoms with van der Waals surface area (Å²) in [6.45, 7) is 0. The third-order valence-electron chi connectivity index (χ3n) is 4.11. The molecule has 1 aliphatic rings. The number of carbonyl (C=O) groups excluding carboxylic acids is 1. The van der Waals surface area contributed by atoms with Crippen LogP contribution in [0.3, 0.4) is 0 Å². The summed E-state index contributed by atoms with van der Waals surface area (Å²) in [5.74, 6) is 0.181. The summed E-state index contributed by atoms with van der Waals surface area (Å²) < 4.78 is 0. The van der Waals surface area contributed by atoms with Gasteiger partial charge in [0.25, 0.3) is 0 Å². The second kappa shape index (κ2) is 4.93. The second-order valence-corrected chi connectivity index (χ2v) is 5.74. The first-order valence-corrected chi connectivity index (χ1v) is 7.04. The molecule has 3 nitrogen and oxygen atoms in total. The average molecular weight is 288 g/mol. The van der Waals surface area contributed by atoms with Gasteiger partial charge in [-0.05, 0) is 47.9 Å². The summed E-state index contributed by atoms with van der Waals surface area (Å²) in [5, 5.41) is 12.8. The van der Waals surface area contributed by atoms with Crippen molar-refractivity contribution >= 4 is 28.5 Å². The molecule has 20 heavy (non-hydrogen) atoms. The predicted molar refractivity (Wildman–Crippen MR) is 78.9 cm³/mol. The van der Waals surface area contributed by atoms with Gasteiger partial charge in [0, 0.05) is 10.6 Å². The Morgan fingerprint density at radius 3 is 2.60 bits per heavy atom. The normalized spacial score (nSPS) is 17.1. The Kier molecular flexibility index (Phi) is 3.25. The molecular formula is C16H14ClNO2. The van der Waals surface area contributed by atoms with Gasteiger partial charge in [0.05, 0.1) is 0 Å². The molecule has 0 saturated heterocycles. The van der Waals surface area contributed by atoms with E-state index in [0.717, 1.165) is 36.5 Å². The number of isocyanates is 1. The highest BCUT2D eigenvalue weighted by Crippen LogP contribution is 2.46. The Hall–Kier alpha value is -1.83. The van der Waals surface area contributed by atoms with E-state index in [1.807, 2.05) is 18.2 Å². The lowest BCUT2D eigenvalue weighted by atomic mass is 9.86. The van der Waals surface area contributed by atoms with Crippen molar-refractivity contribution in [1.29, 1.82) is 0 Å². The molecule has 0 aliphatic heterocycles. The molecule has 2 aromatic rings. The van der Waals surface area contributed by atoms with Crippen molar-refractivity contribution in [1.82, 2.24) is 0 Å². The Morgan fingerprint density at radius 2 is 1.90 bits per heavy atom. The molecule has 3 rings (SSSR count). The van der Waals surface area contributed by atoms with Crippen LogP contribution in [-0.2, 0) is 10.3 Å². The monoisotopic (exact) mass is 287 g/mol. The number of hydrogen-bond acceptors (Lipinski definition) is 3. The van der Waals surface area contributed by atoms with Gasteiger partial charge >= 0.3 is 0 Å². The molecule has 0 spiro atoms. The van der Waals surface area contributed by atoms with Gasteiger partial charge in [-0.3, -0.25) is 0 Å². The fourth-order valence-electron chi connectivity index (χ4n) is 3.12. The summed E-state index contributed by atoms with van der Waals surface area (Å²) in [6, 6.07) is 9.11. The molecule has 102 valence electrons. The van der Waals surface area contributed by atoms with Gasteiger partial charge in [-0.2, -0.15) is 4.99 Å². The van der Waals surface area contributed by atoms with Crippen molar-refractivity contribution in [3.63, 3.8) is 0 Å². The van der Waals surface area contributed by atoms with Crippen molar-refractivity contribution in [2.24, 2.45) is 4.99 Å². The molecule has 1 N–H and O–H groups in total. The van der Waals surface area contributed by atoms with E-state index in [9.17, 15) is 9.90 Å². The zero-order valence-electron chi connectivity index (χ0n) is 10.9. The molecule has 0 radical (unpaired) electrons. The van der Waals surface area contributed by atoms with Crippen LogP contribution < -0.4 is 0 Å². The van der Waals surface area contributed by atoms with Crippen LogP contribution in [0.15, 0.2) is 35.3 Å². The quantitative estimate of drug-likeness (QED) is 0.661. The maximum absolute atomic E-state index is 10.8. The molecule has 0 bridgehead atoms. The summed E-state index contributed by atoms with van der Waals surface area (Å²) in [4.78, 5) is 14.8. The lowest BCUT2D eigenvalue weighted by molar-refractivity contribution is 0.409. The molecule has 1 aliphatic carbocycles. The Bertz CT molecular complexity index is 714. The number of halogens is 1. The van der Waals surface area contributed by atoms with Crippen LogP contribution in [0, 0.1) is 0 Å². The van der Waals surface area contributed by atoms with Crippen LogP contribution in [0.25, 0.3) is 10.8 Å². The molecule has 0 aromatic heterocycles. The minimum atomic E-state index is -0.623. The molecule has 0 amide bonds. The maximum Gasteiger partial charge on any atom is 0.235 e. The van der Waals surface area contributed by atoms with Gasteiger partial charge < -0.3 is 5.11 Å². The van der Waals surface area contributed by atoms with Crippen LogP contribution >= 0.6 is 11.6 Å². The standard InChI is InChI=1S/C16H14ClNO2/c17-13-4-3-11-9-15(20)14(8-12(11)7-13)16(18-10-19)5-1-2-6-16/h3-4,7-9,20H,1-2,5-6H2. The van der Waals surface area contributed by atoms with E-state index in [4.69, 9.17) is 11.6 Å². The first-order chi connectivity index (χ1) is 9.64. The number of nitrogens with zero attached hydrogens (tertiary/aromatic N) is 1. The third kappa shape index (κ3) is 2.09. The van der Waals surface area contributed by atoms with Crippen molar-refractivity contribution in [3.05, 3.63) is 40.9 Å². The van der Waals surface area contributed by atoms with Gasteiger partial charge in [-0.15, -0.1) is 0 Å². The van der Waals surface area contributed by atoms with Crippen molar-refractivity contribution in [3.8, 4) is 5.75 Å². The van der Waals surface area contributed by atoms with Crippen molar-refractivity contribution in [2.45, 2.75) is 31.2 Å². The second-order valence-electron chi connectivity index (χ2n) is 5.30. The highest BCUT2D eigenvalue weighted by atomic mass is 35.5. The minimum Gasteiger partial charge on any atom is -0.508 e. The van der Waals surface area contributed by atoms with Crippen LogP contribution in [0.5, 0.6) is 5.75 Å². The highest BCUT2D eigenvalue weighted by Gasteiger charge is 2.37. The first kappa shape index (κ1) is 13.2. The number of fused-ring (bicyclic) bond motifs is 1. The highest BCUT2D eigenvalue weighted by molar-refractivity contribution is 6.31. The minimum absolute atomic E-state index is 0.181. The molecule has 0 heterocycles. The molecule has 0 unspecified atom stereocenters. The summed E-state index contributed by atoms with van der Waals surface area (Å²) in [6.07, 6.45) is 5.20. The third-order valence-corrected chi connectivity index (χ3v) is 4.34. The zero-order valence-corrected chi connectivity index (χ0v) is 11.7. The van der Waals surface area contributed by atoms with Crippen LogP contribution in [0.1, 0.15) is 31.2 Å². The molecular weight excluding hydrogens is 274 g/mol. The van der Waals surface area contributed by atoms with Gasteiger partial charge in [0.2, 0.25) is 6.08 Å². The van der Waals surface area contributed by atoms with Crippen molar-refractivity contribution in [2.75, 3.05) is 0 Å². The van der Waals surface area contributed by atoms with Gasteiger partial charge in [-0.1, -0.05) is 30.5 Å². The smallest absolute Gasteiger partial charge is 0.235 e. The Labute approximate surface area is 121 Å². The number of benzene rings is 2.